The van der Waals surface area contributed by atoms with Crippen LogP contribution in [0, 0.1) is 17.0 Å². The Morgan fingerprint density at radius 2 is 2.29 bits per heavy atom. The Morgan fingerprint density at radius 1 is 1.46 bits per heavy atom. The lowest BCUT2D eigenvalue weighted by atomic mass is 10.0. The Balaban J connectivity index is 1.62. The van der Waals surface area contributed by atoms with Crippen LogP contribution in [0.3, 0.4) is 0 Å². The van der Waals surface area contributed by atoms with E-state index in [1.54, 1.807) is 0 Å². The molecule has 2 aromatic rings. The van der Waals surface area contributed by atoms with E-state index in [1.165, 1.54) is 28.2 Å². The summed E-state index contributed by atoms with van der Waals surface area (Å²) in [5, 5.41) is 25.0. The lowest BCUT2D eigenvalue weighted by molar-refractivity contribution is -0.385. The summed E-state index contributed by atoms with van der Waals surface area (Å²) in [6, 6.07) is 8.82. The van der Waals surface area contributed by atoms with Gasteiger partial charge in [0.15, 0.2) is 0 Å². The average molecular weight is 330 g/mol. The van der Waals surface area contributed by atoms with Crippen molar-refractivity contribution in [3.8, 4) is 0 Å². The summed E-state index contributed by atoms with van der Waals surface area (Å²) in [6.07, 6.45) is 4.14. The topological polar surface area (TPSA) is 84.4 Å². The molecule has 24 heavy (non-hydrogen) atoms. The van der Waals surface area contributed by atoms with E-state index in [9.17, 15) is 15.2 Å². The highest BCUT2D eigenvalue weighted by Gasteiger charge is 2.27. The van der Waals surface area contributed by atoms with E-state index in [1.807, 2.05) is 0 Å². The van der Waals surface area contributed by atoms with Gasteiger partial charge in [0.25, 0.3) is 0 Å². The third-order valence-electron chi connectivity index (χ3n) is 4.46. The highest BCUT2D eigenvalue weighted by atomic mass is 16.6. The summed E-state index contributed by atoms with van der Waals surface area (Å²) in [6.45, 7) is 3.83. The molecule has 2 heterocycles. The van der Waals surface area contributed by atoms with Crippen molar-refractivity contribution in [2.24, 2.45) is 0 Å². The molecule has 7 heteroatoms. The average Bonchev–Trinajstić information content (AvgIpc) is 3.16. The maximum absolute atomic E-state index is 10.7. The van der Waals surface area contributed by atoms with Crippen LogP contribution in [-0.4, -0.2) is 43.9 Å². The van der Waals surface area contributed by atoms with Gasteiger partial charge in [0.1, 0.15) is 12.4 Å². The second kappa shape index (κ2) is 7.11. The summed E-state index contributed by atoms with van der Waals surface area (Å²) in [7, 11) is 0. The number of rotatable bonds is 6. The van der Waals surface area contributed by atoms with Crippen LogP contribution in [0.15, 0.2) is 36.7 Å². The minimum atomic E-state index is -0.616. The Kier molecular flexibility index (Phi) is 4.92. The lowest BCUT2D eigenvalue weighted by Gasteiger charge is -2.27. The highest BCUT2D eigenvalue weighted by molar-refractivity contribution is 5.26. The second-order valence-electron chi connectivity index (χ2n) is 6.40. The van der Waals surface area contributed by atoms with Gasteiger partial charge in [-0.3, -0.25) is 19.7 Å². The van der Waals surface area contributed by atoms with Gasteiger partial charge in [0, 0.05) is 12.6 Å². The highest BCUT2D eigenvalue weighted by Crippen LogP contribution is 2.32. The molecule has 1 aromatic carbocycles. The van der Waals surface area contributed by atoms with Crippen LogP contribution < -0.4 is 0 Å². The number of aliphatic hydroxyl groups excluding tert-OH is 1. The molecule has 0 radical (unpaired) electrons. The maximum Gasteiger partial charge on any atom is 0.306 e. The van der Waals surface area contributed by atoms with Crippen molar-refractivity contribution < 1.29 is 10.0 Å². The van der Waals surface area contributed by atoms with Crippen LogP contribution >= 0.6 is 0 Å². The molecule has 3 rings (SSSR count). The number of β-amino-alcohol motifs (C(OH)–C–C–N with tert-alkyl or cyclic N) is 1. The van der Waals surface area contributed by atoms with Gasteiger partial charge in [-0.25, -0.2) is 0 Å². The Hall–Kier alpha value is -2.25. The molecular formula is C17H22N4O3. The number of aliphatic hydroxyl groups is 1. The molecule has 7 nitrogen and oxygen atoms in total. The normalized spacial score (nSPS) is 19.5. The van der Waals surface area contributed by atoms with Gasteiger partial charge >= 0.3 is 5.69 Å². The van der Waals surface area contributed by atoms with Crippen LogP contribution in [0.25, 0.3) is 0 Å². The zero-order chi connectivity index (χ0) is 17.1. The zero-order valence-corrected chi connectivity index (χ0v) is 13.7. The first-order chi connectivity index (χ1) is 11.5. The quantitative estimate of drug-likeness (QED) is 0.649. The molecule has 128 valence electrons. The minimum Gasteiger partial charge on any atom is -0.390 e. The fraction of sp³-hybridized carbons (Fsp3) is 0.471. The van der Waals surface area contributed by atoms with Crippen molar-refractivity contribution in [2.75, 3.05) is 13.1 Å². The van der Waals surface area contributed by atoms with E-state index in [2.05, 4.69) is 41.2 Å². The van der Waals surface area contributed by atoms with E-state index in [4.69, 9.17) is 0 Å². The van der Waals surface area contributed by atoms with Crippen LogP contribution in [0.5, 0.6) is 0 Å². The first kappa shape index (κ1) is 16.6. The standard InChI is InChI=1S/C17H22N4O3/c1-13-4-2-5-14(8-13)17-6-3-7-19(17)11-16(22)12-20-10-15(9-18-20)21(23)24/h2,4-5,8-10,16-17,22H,3,6-7,11-12H2,1H3. The monoisotopic (exact) mass is 330 g/mol. The molecule has 0 saturated carbocycles. The van der Waals surface area contributed by atoms with E-state index >= 15 is 0 Å². The molecule has 1 fully saturated rings. The largest absolute Gasteiger partial charge is 0.390 e. The SMILES string of the molecule is Cc1cccc(C2CCCN2CC(O)Cn2cc([N+](=O)[O-])cn2)c1. The molecule has 1 aromatic heterocycles. The molecule has 1 saturated heterocycles. The molecule has 2 atom stereocenters. The number of nitro groups is 1. The molecule has 0 bridgehead atoms. The van der Waals surface area contributed by atoms with Crippen molar-refractivity contribution in [3.63, 3.8) is 0 Å². The van der Waals surface area contributed by atoms with Crippen molar-refractivity contribution in [1.29, 1.82) is 0 Å². The smallest absolute Gasteiger partial charge is 0.306 e. The summed E-state index contributed by atoms with van der Waals surface area (Å²) in [5.74, 6) is 0. The van der Waals surface area contributed by atoms with Gasteiger partial charge in [-0.2, -0.15) is 5.10 Å². The molecule has 2 unspecified atom stereocenters. The third-order valence-corrected chi connectivity index (χ3v) is 4.46. The number of nitrogens with zero attached hydrogens (tertiary/aromatic N) is 4. The molecule has 1 aliphatic heterocycles. The predicted molar refractivity (Wildman–Crippen MR) is 89.6 cm³/mol. The third kappa shape index (κ3) is 3.80. The predicted octanol–water partition coefficient (Wildman–Crippen LogP) is 2.30. The van der Waals surface area contributed by atoms with Crippen molar-refractivity contribution in [3.05, 3.63) is 57.9 Å². The Bertz CT molecular complexity index is 715. The summed E-state index contributed by atoms with van der Waals surface area (Å²) >= 11 is 0. The van der Waals surface area contributed by atoms with E-state index in [0.717, 1.165) is 19.4 Å². The lowest BCUT2D eigenvalue weighted by Crippen LogP contribution is -2.34. The minimum absolute atomic E-state index is 0.0546. The number of hydrogen-bond donors (Lipinski definition) is 1. The van der Waals surface area contributed by atoms with Gasteiger partial charge in [0.2, 0.25) is 0 Å². The molecule has 1 aliphatic rings. The first-order valence-corrected chi connectivity index (χ1v) is 8.18. The van der Waals surface area contributed by atoms with Gasteiger partial charge in [-0.1, -0.05) is 29.8 Å². The first-order valence-electron chi connectivity index (χ1n) is 8.18. The summed E-state index contributed by atoms with van der Waals surface area (Å²) < 4.78 is 1.43. The molecule has 0 aliphatic carbocycles. The van der Waals surface area contributed by atoms with E-state index in [0.29, 0.717) is 12.6 Å². The van der Waals surface area contributed by atoms with E-state index in [-0.39, 0.29) is 12.2 Å². The van der Waals surface area contributed by atoms with Crippen LogP contribution in [0.1, 0.15) is 30.0 Å². The number of hydrogen-bond acceptors (Lipinski definition) is 5. The molecule has 0 amide bonds. The van der Waals surface area contributed by atoms with Gasteiger partial charge in [-0.15, -0.1) is 0 Å². The van der Waals surface area contributed by atoms with Crippen molar-refractivity contribution in [2.45, 2.75) is 38.5 Å². The molecule has 0 spiro atoms. The zero-order valence-electron chi connectivity index (χ0n) is 13.7. The van der Waals surface area contributed by atoms with E-state index < -0.39 is 11.0 Å². The van der Waals surface area contributed by atoms with Crippen LogP contribution in [0.2, 0.25) is 0 Å². The van der Waals surface area contributed by atoms with Gasteiger partial charge in [-0.05, 0) is 31.9 Å². The fourth-order valence-corrected chi connectivity index (χ4v) is 3.39. The van der Waals surface area contributed by atoms with Crippen LogP contribution in [0.4, 0.5) is 5.69 Å². The van der Waals surface area contributed by atoms with Gasteiger partial charge in [0.05, 0.1) is 17.6 Å². The maximum atomic E-state index is 10.7. The number of likely N-dealkylation sites (tertiary alicyclic amines) is 1. The van der Waals surface area contributed by atoms with Crippen molar-refractivity contribution in [1.82, 2.24) is 14.7 Å². The molecular weight excluding hydrogens is 308 g/mol. The van der Waals surface area contributed by atoms with Crippen LogP contribution in [-0.2, 0) is 6.54 Å². The number of aryl methyl sites for hydroxylation is 1. The number of benzene rings is 1. The fourth-order valence-electron chi connectivity index (χ4n) is 3.39. The summed E-state index contributed by atoms with van der Waals surface area (Å²) in [5.41, 5.74) is 2.47. The molecule has 1 N–H and O–H groups in total. The Labute approximate surface area is 140 Å². The summed E-state index contributed by atoms with van der Waals surface area (Å²) in [4.78, 5) is 12.5. The van der Waals surface area contributed by atoms with Crippen molar-refractivity contribution >= 4 is 5.69 Å². The Morgan fingerprint density at radius 3 is 3.00 bits per heavy atom. The number of aromatic nitrogens is 2. The second-order valence-corrected chi connectivity index (χ2v) is 6.40. The van der Waals surface area contributed by atoms with Gasteiger partial charge < -0.3 is 5.11 Å².